The number of ether oxygens (including phenoxy) is 1. The van der Waals surface area contributed by atoms with E-state index in [1.807, 2.05) is 19.9 Å². The molecule has 0 aliphatic carbocycles. The Bertz CT molecular complexity index is 383. The lowest BCUT2D eigenvalue weighted by Crippen LogP contribution is -2.40. The number of hydrogen-bond acceptors (Lipinski definition) is 4. The predicted octanol–water partition coefficient (Wildman–Crippen LogP) is 2.46. The van der Waals surface area contributed by atoms with Gasteiger partial charge in [-0.25, -0.2) is 9.97 Å². The molecule has 1 atom stereocenters. The van der Waals surface area contributed by atoms with E-state index in [0.717, 1.165) is 36.8 Å². The average molecular weight is 235 g/mol. The molecule has 17 heavy (non-hydrogen) atoms. The van der Waals surface area contributed by atoms with Crippen molar-refractivity contribution in [2.45, 2.75) is 52.2 Å². The van der Waals surface area contributed by atoms with Crippen LogP contribution in [0.3, 0.4) is 0 Å². The highest BCUT2D eigenvalue weighted by molar-refractivity contribution is 5.29. The van der Waals surface area contributed by atoms with Crippen LogP contribution in [0.15, 0.2) is 6.07 Å². The molecule has 4 heteroatoms. The lowest BCUT2D eigenvalue weighted by molar-refractivity contribution is -0.0553. The van der Waals surface area contributed by atoms with Gasteiger partial charge in [0.25, 0.3) is 0 Å². The molecule has 1 unspecified atom stereocenters. The highest BCUT2D eigenvalue weighted by Crippen LogP contribution is 2.25. The van der Waals surface area contributed by atoms with E-state index in [1.165, 1.54) is 0 Å². The minimum atomic E-state index is -0.0468. The summed E-state index contributed by atoms with van der Waals surface area (Å²) >= 11 is 0. The molecule has 0 amide bonds. The Hall–Kier alpha value is -1.16. The zero-order chi connectivity index (χ0) is 12.5. The molecule has 4 nitrogen and oxygen atoms in total. The lowest BCUT2D eigenvalue weighted by Gasteiger charge is -2.35. The summed E-state index contributed by atoms with van der Waals surface area (Å²) in [5, 5.41) is 3.42. The molecule has 1 aromatic heterocycles. The highest BCUT2D eigenvalue weighted by Gasteiger charge is 2.29. The normalized spacial score (nSPS) is 23.4. The van der Waals surface area contributed by atoms with E-state index in [-0.39, 0.29) is 5.60 Å². The number of aryl methyl sites for hydroxylation is 2. The molecule has 1 N–H and O–H groups in total. The topological polar surface area (TPSA) is 47.0 Å². The monoisotopic (exact) mass is 235 g/mol. The van der Waals surface area contributed by atoms with Crippen molar-refractivity contribution < 1.29 is 4.74 Å². The van der Waals surface area contributed by atoms with Gasteiger partial charge < -0.3 is 10.1 Å². The van der Waals surface area contributed by atoms with Crippen LogP contribution in [0, 0.1) is 13.8 Å². The Labute approximate surface area is 103 Å². The van der Waals surface area contributed by atoms with E-state index in [9.17, 15) is 0 Å². The Kier molecular flexibility index (Phi) is 3.33. The third-order valence-electron chi connectivity index (χ3n) is 3.01. The third-order valence-corrected chi connectivity index (χ3v) is 3.01. The fraction of sp³-hybridized carbons (Fsp3) is 0.692. The van der Waals surface area contributed by atoms with Gasteiger partial charge in [-0.1, -0.05) is 0 Å². The highest BCUT2D eigenvalue weighted by atomic mass is 16.5. The molecule has 1 saturated heterocycles. The number of hydrogen-bond donors (Lipinski definition) is 1. The minimum absolute atomic E-state index is 0.0468. The van der Waals surface area contributed by atoms with Crippen LogP contribution < -0.4 is 5.32 Å². The van der Waals surface area contributed by atoms with Crippen LogP contribution in [0.1, 0.15) is 38.1 Å². The lowest BCUT2D eigenvalue weighted by atomic mass is 9.94. The Morgan fingerprint density at radius 2 is 1.94 bits per heavy atom. The van der Waals surface area contributed by atoms with Gasteiger partial charge in [0.1, 0.15) is 0 Å². The molecular formula is C13H21N3O. The molecule has 2 rings (SSSR count). The number of nitrogens with zero attached hydrogens (tertiary/aromatic N) is 2. The fourth-order valence-corrected chi connectivity index (χ4v) is 2.33. The van der Waals surface area contributed by atoms with Crippen LogP contribution in [0.5, 0.6) is 0 Å². The maximum Gasteiger partial charge on any atom is 0.223 e. The summed E-state index contributed by atoms with van der Waals surface area (Å²) in [6.07, 6.45) is 2.00. The minimum Gasteiger partial charge on any atom is -0.375 e. The van der Waals surface area contributed by atoms with Crippen molar-refractivity contribution >= 4 is 5.95 Å². The van der Waals surface area contributed by atoms with Crippen LogP contribution >= 0.6 is 0 Å². The summed E-state index contributed by atoms with van der Waals surface area (Å²) in [6.45, 7) is 9.05. The quantitative estimate of drug-likeness (QED) is 0.855. The van der Waals surface area contributed by atoms with Crippen LogP contribution in [0.4, 0.5) is 5.95 Å². The number of anilines is 1. The maximum absolute atomic E-state index is 5.70. The van der Waals surface area contributed by atoms with E-state index < -0.39 is 0 Å². The summed E-state index contributed by atoms with van der Waals surface area (Å²) < 4.78 is 5.70. The molecule has 94 valence electrons. The van der Waals surface area contributed by atoms with Crippen LogP contribution in [-0.2, 0) is 4.74 Å². The SMILES string of the molecule is Cc1cc(C)nc(NC2CCOC(C)(C)C2)n1. The second-order valence-electron chi connectivity index (χ2n) is 5.42. The molecule has 0 bridgehead atoms. The number of nitrogens with one attached hydrogen (secondary N) is 1. The summed E-state index contributed by atoms with van der Waals surface area (Å²) in [4.78, 5) is 8.83. The average Bonchev–Trinajstić information content (AvgIpc) is 2.13. The zero-order valence-electron chi connectivity index (χ0n) is 11.1. The van der Waals surface area contributed by atoms with Crippen molar-refractivity contribution in [1.82, 2.24) is 9.97 Å². The van der Waals surface area contributed by atoms with Gasteiger partial charge in [0.05, 0.1) is 5.60 Å². The second kappa shape index (κ2) is 4.61. The number of rotatable bonds is 2. The van der Waals surface area contributed by atoms with Gasteiger partial charge in [-0.15, -0.1) is 0 Å². The third kappa shape index (κ3) is 3.40. The molecule has 2 heterocycles. The summed E-state index contributed by atoms with van der Waals surface area (Å²) in [6, 6.07) is 2.39. The predicted molar refractivity (Wildman–Crippen MR) is 68.2 cm³/mol. The van der Waals surface area contributed by atoms with Crippen molar-refractivity contribution in [2.75, 3.05) is 11.9 Å². The largest absolute Gasteiger partial charge is 0.375 e. The van der Waals surface area contributed by atoms with Crippen molar-refractivity contribution in [3.63, 3.8) is 0 Å². The molecule has 1 aromatic rings. The Morgan fingerprint density at radius 1 is 1.29 bits per heavy atom. The van der Waals surface area contributed by atoms with Gasteiger partial charge in [0.2, 0.25) is 5.95 Å². The first-order valence-electron chi connectivity index (χ1n) is 6.17. The first-order valence-corrected chi connectivity index (χ1v) is 6.17. The summed E-state index contributed by atoms with van der Waals surface area (Å²) in [5.74, 6) is 0.741. The molecule has 0 spiro atoms. The maximum atomic E-state index is 5.70. The standard InChI is InChI=1S/C13H21N3O/c1-9-7-10(2)15-12(14-9)16-11-5-6-17-13(3,4)8-11/h7,11H,5-6,8H2,1-4H3,(H,14,15,16). The Morgan fingerprint density at radius 3 is 2.53 bits per heavy atom. The molecule has 0 radical (unpaired) electrons. The smallest absolute Gasteiger partial charge is 0.223 e. The van der Waals surface area contributed by atoms with Crippen molar-refractivity contribution in [2.24, 2.45) is 0 Å². The molecule has 0 aromatic carbocycles. The first-order chi connectivity index (χ1) is 7.94. The van der Waals surface area contributed by atoms with E-state index in [1.54, 1.807) is 0 Å². The van der Waals surface area contributed by atoms with Gasteiger partial charge in [0, 0.05) is 24.0 Å². The van der Waals surface area contributed by atoms with Gasteiger partial charge >= 0.3 is 0 Å². The summed E-state index contributed by atoms with van der Waals surface area (Å²) in [7, 11) is 0. The molecular weight excluding hydrogens is 214 g/mol. The van der Waals surface area contributed by atoms with Crippen LogP contribution in [-0.4, -0.2) is 28.2 Å². The van der Waals surface area contributed by atoms with E-state index >= 15 is 0 Å². The van der Waals surface area contributed by atoms with E-state index in [0.29, 0.717) is 6.04 Å². The number of aromatic nitrogens is 2. The van der Waals surface area contributed by atoms with Crippen molar-refractivity contribution in [1.29, 1.82) is 0 Å². The Balaban J connectivity index is 2.05. The zero-order valence-corrected chi connectivity index (χ0v) is 11.1. The second-order valence-corrected chi connectivity index (χ2v) is 5.42. The van der Waals surface area contributed by atoms with Crippen LogP contribution in [0.2, 0.25) is 0 Å². The molecule has 1 fully saturated rings. The molecule has 1 aliphatic heterocycles. The van der Waals surface area contributed by atoms with Gasteiger partial charge in [-0.3, -0.25) is 0 Å². The summed E-state index contributed by atoms with van der Waals surface area (Å²) in [5.41, 5.74) is 1.96. The first kappa shape index (κ1) is 12.3. The van der Waals surface area contributed by atoms with Gasteiger partial charge in [0.15, 0.2) is 0 Å². The van der Waals surface area contributed by atoms with E-state index in [2.05, 4.69) is 29.1 Å². The van der Waals surface area contributed by atoms with Gasteiger partial charge in [-0.05, 0) is 46.6 Å². The molecule has 1 aliphatic rings. The van der Waals surface area contributed by atoms with Crippen molar-refractivity contribution in [3.8, 4) is 0 Å². The molecule has 0 saturated carbocycles. The fourth-order valence-electron chi connectivity index (χ4n) is 2.33. The van der Waals surface area contributed by atoms with Gasteiger partial charge in [-0.2, -0.15) is 0 Å². The van der Waals surface area contributed by atoms with Crippen molar-refractivity contribution in [3.05, 3.63) is 17.5 Å². The van der Waals surface area contributed by atoms with E-state index in [4.69, 9.17) is 4.74 Å². The van der Waals surface area contributed by atoms with Crippen LogP contribution in [0.25, 0.3) is 0 Å².